The molecule has 2 N–H and O–H groups in total. The number of aliphatic hydroxyl groups excluding tert-OH is 1. The van der Waals surface area contributed by atoms with Crippen molar-refractivity contribution in [2.75, 3.05) is 6.61 Å². The predicted octanol–water partition coefficient (Wildman–Crippen LogP) is -0.110. The number of hydrogen-bond acceptors (Lipinski definition) is 3. The Morgan fingerprint density at radius 3 is 3.00 bits per heavy atom. The van der Waals surface area contributed by atoms with E-state index in [9.17, 15) is 0 Å². The first-order valence-corrected chi connectivity index (χ1v) is 4.05. The van der Waals surface area contributed by atoms with E-state index < -0.39 is 0 Å². The van der Waals surface area contributed by atoms with E-state index in [-0.39, 0.29) is 12.6 Å². The van der Waals surface area contributed by atoms with E-state index in [1.165, 1.54) is 0 Å². The van der Waals surface area contributed by atoms with Gasteiger partial charge in [-0.3, -0.25) is 4.68 Å². The third kappa shape index (κ3) is 2.64. The molecule has 0 unspecified atom stereocenters. The predicted molar refractivity (Wildman–Crippen MR) is 46.6 cm³/mol. The number of nitrogens with zero attached hydrogens (tertiary/aromatic N) is 2. The molecule has 1 heterocycles. The third-order valence-electron chi connectivity index (χ3n) is 1.67. The molecule has 0 aliphatic carbocycles. The van der Waals surface area contributed by atoms with Crippen LogP contribution in [0.25, 0.3) is 0 Å². The molecule has 0 spiro atoms. The molecule has 12 heavy (non-hydrogen) atoms. The Labute approximate surface area is 72.2 Å². The highest BCUT2D eigenvalue weighted by Crippen LogP contribution is 1.93. The molecule has 0 saturated heterocycles. The van der Waals surface area contributed by atoms with Crippen molar-refractivity contribution in [3.63, 3.8) is 0 Å². The van der Waals surface area contributed by atoms with Crippen LogP contribution >= 0.6 is 0 Å². The minimum absolute atomic E-state index is 0.131. The maximum Gasteiger partial charge on any atom is 0.0762 e. The molecule has 0 saturated carbocycles. The van der Waals surface area contributed by atoms with E-state index in [1.54, 1.807) is 4.68 Å². The van der Waals surface area contributed by atoms with Gasteiger partial charge in [-0.25, -0.2) is 0 Å². The summed E-state index contributed by atoms with van der Waals surface area (Å²) < 4.78 is 1.76. The van der Waals surface area contributed by atoms with Gasteiger partial charge in [0, 0.05) is 25.8 Å². The minimum Gasteiger partial charge on any atom is -0.395 e. The van der Waals surface area contributed by atoms with Crippen LogP contribution in [0.3, 0.4) is 0 Å². The molecule has 0 aromatic carbocycles. The molecule has 1 atom stereocenters. The highest BCUT2D eigenvalue weighted by atomic mass is 16.3. The van der Waals surface area contributed by atoms with Gasteiger partial charge in [-0.05, 0) is 13.0 Å². The largest absolute Gasteiger partial charge is 0.395 e. The average molecular weight is 169 g/mol. The normalized spacial score (nSPS) is 13.2. The van der Waals surface area contributed by atoms with Crippen molar-refractivity contribution in [1.82, 2.24) is 15.1 Å². The summed E-state index contributed by atoms with van der Waals surface area (Å²) in [5.41, 5.74) is 0.998. The second-order valence-corrected chi connectivity index (χ2v) is 2.95. The molecule has 1 aromatic heterocycles. The Kier molecular flexibility index (Phi) is 3.25. The molecule has 1 aromatic rings. The van der Waals surface area contributed by atoms with Gasteiger partial charge in [-0.2, -0.15) is 5.10 Å². The van der Waals surface area contributed by atoms with Gasteiger partial charge in [0.1, 0.15) is 0 Å². The molecule has 0 aliphatic heterocycles. The molecule has 0 bridgehead atoms. The van der Waals surface area contributed by atoms with Crippen molar-refractivity contribution < 1.29 is 5.11 Å². The fourth-order valence-corrected chi connectivity index (χ4v) is 0.901. The van der Waals surface area contributed by atoms with Crippen LogP contribution in [0.4, 0.5) is 0 Å². The minimum atomic E-state index is 0.131. The molecule has 68 valence electrons. The van der Waals surface area contributed by atoms with Crippen molar-refractivity contribution >= 4 is 0 Å². The maximum absolute atomic E-state index is 8.73. The molecule has 4 nitrogen and oxygen atoms in total. The molecule has 1 rings (SSSR count). The zero-order valence-electron chi connectivity index (χ0n) is 7.49. The number of aliphatic hydroxyl groups is 1. The van der Waals surface area contributed by atoms with Crippen molar-refractivity contribution in [2.45, 2.75) is 19.5 Å². The van der Waals surface area contributed by atoms with Gasteiger partial charge in [0.15, 0.2) is 0 Å². The zero-order valence-corrected chi connectivity index (χ0v) is 7.49. The van der Waals surface area contributed by atoms with Crippen LogP contribution in [0, 0.1) is 0 Å². The van der Waals surface area contributed by atoms with Gasteiger partial charge in [0.05, 0.1) is 12.3 Å². The van der Waals surface area contributed by atoms with Crippen LogP contribution < -0.4 is 5.32 Å². The molecule has 0 radical (unpaired) electrons. The van der Waals surface area contributed by atoms with Gasteiger partial charge in [-0.15, -0.1) is 0 Å². The van der Waals surface area contributed by atoms with Gasteiger partial charge in [0.2, 0.25) is 0 Å². The first kappa shape index (κ1) is 9.22. The van der Waals surface area contributed by atoms with E-state index in [0.29, 0.717) is 6.54 Å². The van der Waals surface area contributed by atoms with Gasteiger partial charge >= 0.3 is 0 Å². The maximum atomic E-state index is 8.73. The van der Waals surface area contributed by atoms with Crippen molar-refractivity contribution in [3.8, 4) is 0 Å². The lowest BCUT2D eigenvalue weighted by atomic mass is 10.3. The van der Waals surface area contributed by atoms with Crippen LogP contribution in [0.1, 0.15) is 12.6 Å². The van der Waals surface area contributed by atoms with E-state index in [0.717, 1.165) is 5.69 Å². The van der Waals surface area contributed by atoms with Crippen LogP contribution in [-0.4, -0.2) is 27.5 Å². The fraction of sp³-hybridized carbons (Fsp3) is 0.625. The quantitative estimate of drug-likeness (QED) is 0.661. The third-order valence-corrected chi connectivity index (χ3v) is 1.67. The van der Waals surface area contributed by atoms with E-state index in [2.05, 4.69) is 10.4 Å². The molecule has 0 aliphatic rings. The summed E-state index contributed by atoms with van der Waals surface area (Å²) in [6.07, 6.45) is 1.90. The van der Waals surface area contributed by atoms with Crippen LogP contribution in [0.2, 0.25) is 0 Å². The number of aromatic nitrogens is 2. The molecule has 0 amide bonds. The molecular weight excluding hydrogens is 154 g/mol. The van der Waals surface area contributed by atoms with Crippen molar-refractivity contribution in [2.24, 2.45) is 7.05 Å². The first-order valence-electron chi connectivity index (χ1n) is 4.05. The van der Waals surface area contributed by atoms with Crippen LogP contribution in [-0.2, 0) is 13.6 Å². The lowest BCUT2D eigenvalue weighted by Gasteiger charge is -2.07. The van der Waals surface area contributed by atoms with Gasteiger partial charge in [0.25, 0.3) is 0 Å². The van der Waals surface area contributed by atoms with Gasteiger partial charge < -0.3 is 10.4 Å². The molecular formula is C8H15N3O. The van der Waals surface area contributed by atoms with E-state index in [1.807, 2.05) is 26.2 Å². The second kappa shape index (κ2) is 4.23. The Morgan fingerprint density at radius 1 is 1.75 bits per heavy atom. The SMILES string of the molecule is C[C@@H](CO)NCc1ccn(C)n1. The summed E-state index contributed by atoms with van der Waals surface area (Å²) in [5.74, 6) is 0. The number of rotatable bonds is 4. The average Bonchev–Trinajstić information content (AvgIpc) is 2.47. The van der Waals surface area contributed by atoms with Crippen LogP contribution in [0.5, 0.6) is 0 Å². The van der Waals surface area contributed by atoms with Gasteiger partial charge in [-0.1, -0.05) is 0 Å². The zero-order chi connectivity index (χ0) is 8.97. The summed E-state index contributed by atoms with van der Waals surface area (Å²) in [4.78, 5) is 0. The van der Waals surface area contributed by atoms with Crippen molar-refractivity contribution in [3.05, 3.63) is 18.0 Å². The first-order chi connectivity index (χ1) is 5.72. The number of aryl methyl sites for hydroxylation is 1. The molecule has 4 heteroatoms. The highest BCUT2D eigenvalue weighted by Gasteiger charge is 2.00. The Balaban J connectivity index is 2.33. The second-order valence-electron chi connectivity index (χ2n) is 2.95. The molecule has 0 fully saturated rings. The monoisotopic (exact) mass is 169 g/mol. The smallest absolute Gasteiger partial charge is 0.0762 e. The fourth-order valence-electron chi connectivity index (χ4n) is 0.901. The summed E-state index contributed by atoms with van der Waals surface area (Å²) >= 11 is 0. The Hall–Kier alpha value is -0.870. The highest BCUT2D eigenvalue weighted by molar-refractivity contribution is 4.98. The summed E-state index contributed by atoms with van der Waals surface area (Å²) in [5, 5.41) is 16.1. The van der Waals surface area contributed by atoms with E-state index >= 15 is 0 Å². The Morgan fingerprint density at radius 2 is 2.50 bits per heavy atom. The van der Waals surface area contributed by atoms with Crippen LogP contribution in [0.15, 0.2) is 12.3 Å². The lowest BCUT2D eigenvalue weighted by molar-refractivity contribution is 0.250. The lowest BCUT2D eigenvalue weighted by Crippen LogP contribution is -2.28. The topological polar surface area (TPSA) is 50.1 Å². The summed E-state index contributed by atoms with van der Waals surface area (Å²) in [7, 11) is 1.89. The standard InChI is InChI=1S/C8H15N3O/c1-7(6-12)9-5-8-3-4-11(2)10-8/h3-4,7,9,12H,5-6H2,1-2H3/t7-/m0/s1. The number of nitrogens with one attached hydrogen (secondary N) is 1. The summed E-state index contributed by atoms with van der Waals surface area (Å²) in [6.45, 7) is 2.80. The number of hydrogen-bond donors (Lipinski definition) is 2. The van der Waals surface area contributed by atoms with E-state index in [4.69, 9.17) is 5.11 Å². The van der Waals surface area contributed by atoms with Crippen molar-refractivity contribution in [1.29, 1.82) is 0 Å². The Bertz CT molecular complexity index is 234. The summed E-state index contributed by atoms with van der Waals surface area (Å²) in [6, 6.07) is 2.09.